The molecule has 1 aromatic heterocycles. The van der Waals surface area contributed by atoms with E-state index in [0.29, 0.717) is 27.8 Å². The smallest absolute Gasteiger partial charge is 0.273 e. The van der Waals surface area contributed by atoms with Gasteiger partial charge in [0, 0.05) is 41.1 Å². The molecule has 2 aromatic rings. The maximum absolute atomic E-state index is 12.8. The summed E-state index contributed by atoms with van der Waals surface area (Å²) >= 11 is 13.6. The van der Waals surface area contributed by atoms with Crippen LogP contribution in [-0.2, 0) is 0 Å². The number of nitrogens with zero attached hydrogens (tertiary/aromatic N) is 2. The second kappa shape index (κ2) is 9.09. The van der Waals surface area contributed by atoms with Crippen LogP contribution >= 0.6 is 59.4 Å². The minimum Gasteiger partial charge on any atom is -0.336 e. The van der Waals surface area contributed by atoms with Crippen molar-refractivity contribution in [3.05, 3.63) is 39.3 Å². The maximum atomic E-state index is 12.8. The molecule has 4 nitrogen and oxygen atoms in total. The van der Waals surface area contributed by atoms with Crippen molar-refractivity contribution in [2.75, 3.05) is 13.1 Å². The Bertz CT molecular complexity index is 785. The zero-order valence-corrected chi connectivity index (χ0v) is 17.7. The molecule has 2 atom stereocenters. The highest BCUT2D eigenvalue weighted by Crippen LogP contribution is 2.32. The molecular weight excluding hydrogens is 436 g/mol. The lowest BCUT2D eigenvalue weighted by Crippen LogP contribution is -2.39. The van der Waals surface area contributed by atoms with E-state index in [2.05, 4.69) is 10.3 Å². The van der Waals surface area contributed by atoms with E-state index in [1.165, 1.54) is 17.8 Å². The monoisotopic (exact) mass is 453 g/mol. The highest BCUT2D eigenvalue weighted by Gasteiger charge is 2.32. The topological polar surface area (TPSA) is 45.2 Å². The van der Waals surface area contributed by atoms with Crippen LogP contribution in [0.4, 0.5) is 0 Å². The molecule has 1 aromatic carbocycles. The molecule has 1 amide bonds. The number of hydrogen-bond donors (Lipinski definition) is 1. The van der Waals surface area contributed by atoms with Gasteiger partial charge >= 0.3 is 0 Å². The van der Waals surface area contributed by atoms with Gasteiger partial charge in [0.2, 0.25) is 0 Å². The molecular formula is C17H19Cl4N3OS. The van der Waals surface area contributed by atoms with Crippen molar-refractivity contribution in [2.45, 2.75) is 31.3 Å². The molecule has 2 unspecified atom stereocenters. The first-order chi connectivity index (χ1) is 11.6. The molecule has 2 fully saturated rings. The average Bonchev–Trinajstić information content (AvgIpc) is 3.13. The summed E-state index contributed by atoms with van der Waals surface area (Å²) in [6.45, 7) is 1.56. The number of carbonyl (C=O) groups excluding carboxylic acids is 1. The summed E-state index contributed by atoms with van der Waals surface area (Å²) in [4.78, 5) is 19.2. The molecule has 2 saturated heterocycles. The Hall–Kier alpha value is -0.560. The molecule has 0 radical (unpaired) electrons. The van der Waals surface area contributed by atoms with Crippen LogP contribution in [0.3, 0.4) is 0 Å². The summed E-state index contributed by atoms with van der Waals surface area (Å²) in [5.41, 5.74) is 1.31. The van der Waals surface area contributed by atoms with E-state index >= 15 is 0 Å². The van der Waals surface area contributed by atoms with E-state index in [1.54, 1.807) is 12.1 Å². The van der Waals surface area contributed by atoms with E-state index in [9.17, 15) is 4.79 Å². The predicted octanol–water partition coefficient (Wildman–Crippen LogP) is 4.93. The Morgan fingerprint density at radius 2 is 1.96 bits per heavy atom. The van der Waals surface area contributed by atoms with Crippen LogP contribution in [0.1, 0.15) is 29.8 Å². The number of aromatic nitrogens is 1. The standard InChI is InChI=1S/C17H17Cl2N3OS.2ClH/c18-10-1-4-13(14(19)7-10)16-21-15(9-24-16)17(23)22-6-5-11-2-3-12(8-22)20-11;;/h1,4,7,9,11-12,20H,2-3,5-6,8H2;2*1H. The first kappa shape index (κ1) is 21.7. The first-order valence-corrected chi connectivity index (χ1v) is 9.70. The largest absolute Gasteiger partial charge is 0.336 e. The summed E-state index contributed by atoms with van der Waals surface area (Å²) in [6.07, 6.45) is 3.39. The summed E-state index contributed by atoms with van der Waals surface area (Å²) in [5.74, 6) is 0.0111. The minimum atomic E-state index is 0. The minimum absolute atomic E-state index is 0. The van der Waals surface area contributed by atoms with Crippen LogP contribution in [0.5, 0.6) is 0 Å². The van der Waals surface area contributed by atoms with E-state index in [-0.39, 0.29) is 30.7 Å². The van der Waals surface area contributed by atoms with Crippen molar-refractivity contribution in [1.29, 1.82) is 0 Å². The van der Waals surface area contributed by atoms with Crippen LogP contribution in [0.2, 0.25) is 10.0 Å². The molecule has 3 heterocycles. The quantitative estimate of drug-likeness (QED) is 0.699. The molecule has 2 bridgehead atoms. The number of amides is 1. The lowest BCUT2D eigenvalue weighted by Gasteiger charge is -2.23. The van der Waals surface area contributed by atoms with Gasteiger partial charge in [0.05, 0.1) is 5.02 Å². The van der Waals surface area contributed by atoms with E-state index in [1.807, 2.05) is 16.3 Å². The number of thiazole rings is 1. The Balaban J connectivity index is 0.00000121. The highest BCUT2D eigenvalue weighted by molar-refractivity contribution is 7.13. The first-order valence-electron chi connectivity index (χ1n) is 8.06. The number of halogens is 4. The van der Waals surface area contributed by atoms with Gasteiger partial charge in [0.15, 0.2) is 0 Å². The molecule has 2 aliphatic heterocycles. The number of rotatable bonds is 2. The number of nitrogens with one attached hydrogen (secondary N) is 1. The van der Waals surface area contributed by atoms with Gasteiger partial charge in [-0.2, -0.15) is 0 Å². The summed E-state index contributed by atoms with van der Waals surface area (Å²) in [6, 6.07) is 6.30. The van der Waals surface area contributed by atoms with Crippen molar-refractivity contribution in [1.82, 2.24) is 15.2 Å². The predicted molar refractivity (Wildman–Crippen MR) is 113 cm³/mol. The summed E-state index contributed by atoms with van der Waals surface area (Å²) in [5, 5.41) is 7.29. The molecule has 26 heavy (non-hydrogen) atoms. The third-order valence-electron chi connectivity index (χ3n) is 4.70. The zero-order valence-electron chi connectivity index (χ0n) is 13.8. The average molecular weight is 455 g/mol. The van der Waals surface area contributed by atoms with Crippen molar-refractivity contribution in [3.8, 4) is 10.6 Å². The van der Waals surface area contributed by atoms with Gasteiger partial charge in [-0.25, -0.2) is 4.98 Å². The second-order valence-corrected chi connectivity index (χ2v) is 8.04. The Morgan fingerprint density at radius 1 is 1.19 bits per heavy atom. The Morgan fingerprint density at radius 3 is 2.73 bits per heavy atom. The second-order valence-electron chi connectivity index (χ2n) is 6.34. The normalized spacial score (nSPS) is 21.5. The van der Waals surface area contributed by atoms with E-state index in [0.717, 1.165) is 36.5 Å². The van der Waals surface area contributed by atoms with Crippen LogP contribution in [0.25, 0.3) is 10.6 Å². The van der Waals surface area contributed by atoms with Crippen LogP contribution in [-0.4, -0.2) is 41.0 Å². The number of benzene rings is 1. The van der Waals surface area contributed by atoms with Gasteiger partial charge in [-0.15, -0.1) is 36.2 Å². The van der Waals surface area contributed by atoms with Crippen LogP contribution in [0, 0.1) is 0 Å². The van der Waals surface area contributed by atoms with Gasteiger partial charge in [0.25, 0.3) is 5.91 Å². The van der Waals surface area contributed by atoms with Gasteiger partial charge in [-0.05, 0) is 37.5 Å². The summed E-state index contributed by atoms with van der Waals surface area (Å²) in [7, 11) is 0. The van der Waals surface area contributed by atoms with Gasteiger partial charge in [-0.1, -0.05) is 23.2 Å². The number of fused-ring (bicyclic) bond motifs is 2. The Labute approximate surface area is 179 Å². The van der Waals surface area contributed by atoms with Crippen molar-refractivity contribution in [3.63, 3.8) is 0 Å². The summed E-state index contributed by atoms with van der Waals surface area (Å²) < 4.78 is 0. The molecule has 1 N–H and O–H groups in total. The molecule has 0 spiro atoms. The van der Waals surface area contributed by atoms with E-state index in [4.69, 9.17) is 23.2 Å². The molecule has 4 rings (SSSR count). The molecule has 2 aliphatic rings. The lowest BCUT2D eigenvalue weighted by molar-refractivity contribution is 0.0743. The number of likely N-dealkylation sites (tertiary alicyclic amines) is 1. The third-order valence-corrected chi connectivity index (χ3v) is 6.12. The fourth-order valence-electron chi connectivity index (χ4n) is 3.45. The number of hydrogen-bond acceptors (Lipinski definition) is 4. The van der Waals surface area contributed by atoms with Crippen molar-refractivity contribution in [2.24, 2.45) is 0 Å². The van der Waals surface area contributed by atoms with E-state index < -0.39 is 0 Å². The SMILES string of the molecule is Cl.Cl.O=C(c1csc(-c2ccc(Cl)cc2Cl)n1)N1CCC2CCC(C1)N2. The van der Waals surface area contributed by atoms with Gasteiger partial charge in [-0.3, -0.25) is 4.79 Å². The highest BCUT2D eigenvalue weighted by atomic mass is 35.5. The maximum Gasteiger partial charge on any atom is 0.273 e. The fraction of sp³-hybridized carbons (Fsp3) is 0.412. The van der Waals surface area contributed by atoms with Crippen molar-refractivity contribution >= 4 is 65.3 Å². The lowest BCUT2D eigenvalue weighted by atomic mass is 10.1. The molecule has 9 heteroatoms. The number of carbonyl (C=O) groups is 1. The van der Waals surface area contributed by atoms with Gasteiger partial charge in [0.1, 0.15) is 10.7 Å². The van der Waals surface area contributed by atoms with Crippen molar-refractivity contribution < 1.29 is 4.79 Å². The molecule has 0 saturated carbocycles. The fourth-order valence-corrected chi connectivity index (χ4v) is 4.83. The third kappa shape index (κ3) is 4.46. The van der Waals surface area contributed by atoms with Crippen LogP contribution in [0.15, 0.2) is 23.6 Å². The Kier molecular flexibility index (Phi) is 7.60. The molecule has 142 valence electrons. The molecule has 0 aliphatic carbocycles. The van der Waals surface area contributed by atoms with Gasteiger partial charge < -0.3 is 10.2 Å². The zero-order chi connectivity index (χ0) is 16.7. The van der Waals surface area contributed by atoms with Crippen LogP contribution < -0.4 is 5.32 Å².